The van der Waals surface area contributed by atoms with Crippen LogP contribution in [0.1, 0.15) is 19.8 Å². The van der Waals surface area contributed by atoms with Gasteiger partial charge in [0.1, 0.15) is 11.6 Å². The molecule has 1 amide bonds. The number of carbonyl (C=O) groups excluding carboxylic acids is 1. The largest absolute Gasteiger partial charge is 0.494 e. The molecule has 0 aromatic heterocycles. The number of hydrogen-bond acceptors (Lipinski definition) is 3. The van der Waals surface area contributed by atoms with Crippen LogP contribution in [0.4, 0.5) is 4.39 Å². The zero-order chi connectivity index (χ0) is 17.2. The Hall–Kier alpha value is -2.01. The van der Waals surface area contributed by atoms with Gasteiger partial charge in [-0.05, 0) is 56.2 Å². The number of benzene rings is 2. The van der Waals surface area contributed by atoms with Crippen molar-refractivity contribution in [1.29, 1.82) is 0 Å². The van der Waals surface area contributed by atoms with Crippen LogP contribution in [-0.2, 0) is 4.79 Å². The molecule has 2 rings (SSSR count). The SMILES string of the molecule is CC(Sc1ccccc1)C(=O)NCCCCOc1ccc(F)cc1. The maximum Gasteiger partial charge on any atom is 0.233 e. The van der Waals surface area contributed by atoms with E-state index in [4.69, 9.17) is 4.74 Å². The summed E-state index contributed by atoms with van der Waals surface area (Å²) in [7, 11) is 0. The van der Waals surface area contributed by atoms with Gasteiger partial charge in [-0.25, -0.2) is 4.39 Å². The molecule has 0 heterocycles. The highest BCUT2D eigenvalue weighted by molar-refractivity contribution is 8.00. The number of hydrogen-bond donors (Lipinski definition) is 1. The van der Waals surface area contributed by atoms with E-state index in [1.165, 1.54) is 12.1 Å². The molecule has 2 aromatic rings. The van der Waals surface area contributed by atoms with Crippen LogP contribution in [0.25, 0.3) is 0 Å². The number of carbonyl (C=O) groups is 1. The Bertz CT molecular complexity index is 619. The third-order valence-electron chi connectivity index (χ3n) is 3.38. The monoisotopic (exact) mass is 347 g/mol. The van der Waals surface area contributed by atoms with E-state index in [1.807, 2.05) is 37.3 Å². The molecule has 0 saturated carbocycles. The predicted octanol–water partition coefficient (Wildman–Crippen LogP) is 4.28. The van der Waals surface area contributed by atoms with Crippen LogP contribution in [0.15, 0.2) is 59.5 Å². The Kier molecular flexibility index (Phi) is 7.62. The summed E-state index contributed by atoms with van der Waals surface area (Å²) in [5.41, 5.74) is 0. The molecule has 0 bridgehead atoms. The van der Waals surface area contributed by atoms with Gasteiger partial charge >= 0.3 is 0 Å². The van der Waals surface area contributed by atoms with Gasteiger partial charge in [-0.3, -0.25) is 4.79 Å². The average molecular weight is 347 g/mol. The molecule has 0 fully saturated rings. The lowest BCUT2D eigenvalue weighted by Crippen LogP contribution is -2.31. The summed E-state index contributed by atoms with van der Waals surface area (Å²) in [5, 5.41) is 2.82. The van der Waals surface area contributed by atoms with E-state index in [9.17, 15) is 9.18 Å². The quantitative estimate of drug-likeness (QED) is 0.543. The van der Waals surface area contributed by atoms with Crippen LogP contribution in [0.2, 0.25) is 0 Å². The van der Waals surface area contributed by atoms with Crippen molar-refractivity contribution in [3.63, 3.8) is 0 Å². The molecule has 5 heteroatoms. The second-order valence-corrected chi connectivity index (χ2v) is 6.79. The summed E-state index contributed by atoms with van der Waals surface area (Å²) in [6.45, 7) is 3.09. The number of nitrogens with one attached hydrogen (secondary N) is 1. The number of thioether (sulfide) groups is 1. The highest BCUT2D eigenvalue weighted by atomic mass is 32.2. The van der Waals surface area contributed by atoms with E-state index in [1.54, 1.807) is 23.9 Å². The van der Waals surface area contributed by atoms with Gasteiger partial charge in [0.2, 0.25) is 5.91 Å². The molecular weight excluding hydrogens is 325 g/mol. The average Bonchev–Trinajstić information content (AvgIpc) is 2.60. The van der Waals surface area contributed by atoms with Gasteiger partial charge in [-0.15, -0.1) is 11.8 Å². The van der Waals surface area contributed by atoms with Crippen LogP contribution in [-0.4, -0.2) is 24.3 Å². The Labute approximate surface area is 146 Å². The molecule has 0 saturated heterocycles. The number of unbranched alkanes of at least 4 members (excludes halogenated alkanes) is 1. The van der Waals surface area contributed by atoms with Gasteiger partial charge in [0.25, 0.3) is 0 Å². The van der Waals surface area contributed by atoms with Gasteiger partial charge in [-0.1, -0.05) is 18.2 Å². The molecular formula is C19H22FNO2S. The standard InChI is InChI=1S/C19H22FNO2S/c1-15(24-18-7-3-2-4-8-18)19(22)21-13-5-6-14-23-17-11-9-16(20)10-12-17/h2-4,7-12,15H,5-6,13-14H2,1H3,(H,21,22). The van der Waals surface area contributed by atoms with Crippen molar-refractivity contribution in [2.45, 2.75) is 29.9 Å². The third-order valence-corrected chi connectivity index (χ3v) is 4.49. The lowest BCUT2D eigenvalue weighted by atomic mass is 10.3. The molecule has 0 aliphatic heterocycles. The van der Waals surface area contributed by atoms with E-state index in [0.29, 0.717) is 18.9 Å². The van der Waals surface area contributed by atoms with E-state index < -0.39 is 0 Å². The summed E-state index contributed by atoms with van der Waals surface area (Å²) < 4.78 is 18.3. The Morgan fingerprint density at radius 1 is 1.12 bits per heavy atom. The van der Waals surface area contributed by atoms with Crippen molar-refractivity contribution in [2.24, 2.45) is 0 Å². The second-order valence-electron chi connectivity index (χ2n) is 5.37. The molecule has 0 aliphatic rings. The van der Waals surface area contributed by atoms with Crippen molar-refractivity contribution in [3.8, 4) is 5.75 Å². The van der Waals surface area contributed by atoms with E-state index >= 15 is 0 Å². The lowest BCUT2D eigenvalue weighted by molar-refractivity contribution is -0.120. The number of rotatable bonds is 9. The van der Waals surface area contributed by atoms with Crippen molar-refractivity contribution < 1.29 is 13.9 Å². The van der Waals surface area contributed by atoms with Gasteiger partial charge in [0.15, 0.2) is 0 Å². The van der Waals surface area contributed by atoms with Crippen molar-refractivity contribution in [3.05, 3.63) is 60.4 Å². The van der Waals surface area contributed by atoms with E-state index in [2.05, 4.69) is 5.32 Å². The number of amides is 1. The van der Waals surface area contributed by atoms with Crippen LogP contribution in [0, 0.1) is 5.82 Å². The minimum atomic E-state index is -0.271. The first-order valence-corrected chi connectivity index (χ1v) is 8.91. The molecule has 0 radical (unpaired) electrons. The van der Waals surface area contributed by atoms with E-state index in [0.717, 1.165) is 17.7 Å². The Balaban J connectivity index is 1.56. The Morgan fingerprint density at radius 2 is 1.83 bits per heavy atom. The summed E-state index contributed by atoms with van der Waals surface area (Å²) in [6.07, 6.45) is 1.67. The molecule has 1 atom stereocenters. The van der Waals surface area contributed by atoms with E-state index in [-0.39, 0.29) is 17.0 Å². The fraction of sp³-hybridized carbons (Fsp3) is 0.316. The smallest absolute Gasteiger partial charge is 0.233 e. The minimum absolute atomic E-state index is 0.0447. The van der Waals surface area contributed by atoms with Crippen molar-refractivity contribution >= 4 is 17.7 Å². The van der Waals surface area contributed by atoms with Gasteiger partial charge < -0.3 is 10.1 Å². The second kappa shape index (κ2) is 9.98. The van der Waals surface area contributed by atoms with Gasteiger partial charge in [0.05, 0.1) is 11.9 Å². The normalized spacial score (nSPS) is 11.8. The fourth-order valence-electron chi connectivity index (χ4n) is 2.06. The molecule has 0 spiro atoms. The maximum atomic E-state index is 12.8. The summed E-state index contributed by atoms with van der Waals surface area (Å²) in [6, 6.07) is 15.9. The maximum absolute atomic E-state index is 12.8. The van der Waals surface area contributed by atoms with Crippen LogP contribution in [0.5, 0.6) is 5.75 Å². The Morgan fingerprint density at radius 3 is 2.54 bits per heavy atom. The van der Waals surface area contributed by atoms with Gasteiger partial charge in [-0.2, -0.15) is 0 Å². The lowest BCUT2D eigenvalue weighted by Gasteiger charge is -2.12. The minimum Gasteiger partial charge on any atom is -0.494 e. The summed E-state index contributed by atoms with van der Waals surface area (Å²) in [5.74, 6) is 0.434. The molecule has 128 valence electrons. The molecule has 3 nitrogen and oxygen atoms in total. The fourth-order valence-corrected chi connectivity index (χ4v) is 2.97. The first kappa shape index (κ1) is 18.3. The molecule has 24 heavy (non-hydrogen) atoms. The van der Waals surface area contributed by atoms with Crippen LogP contribution >= 0.6 is 11.8 Å². The zero-order valence-corrected chi connectivity index (χ0v) is 14.5. The highest BCUT2D eigenvalue weighted by Crippen LogP contribution is 2.22. The first-order valence-electron chi connectivity index (χ1n) is 8.03. The molecule has 2 aromatic carbocycles. The molecule has 0 aliphatic carbocycles. The number of ether oxygens (including phenoxy) is 1. The summed E-state index contributed by atoms with van der Waals surface area (Å²) >= 11 is 1.55. The third kappa shape index (κ3) is 6.62. The van der Waals surface area contributed by atoms with Crippen molar-refractivity contribution in [1.82, 2.24) is 5.32 Å². The predicted molar refractivity (Wildman–Crippen MR) is 95.9 cm³/mol. The topological polar surface area (TPSA) is 38.3 Å². The molecule has 1 N–H and O–H groups in total. The van der Waals surface area contributed by atoms with Crippen molar-refractivity contribution in [2.75, 3.05) is 13.2 Å². The van der Waals surface area contributed by atoms with Gasteiger partial charge in [0, 0.05) is 11.4 Å². The number of halogens is 1. The van der Waals surface area contributed by atoms with Crippen LogP contribution in [0.3, 0.4) is 0 Å². The highest BCUT2D eigenvalue weighted by Gasteiger charge is 2.13. The summed E-state index contributed by atoms with van der Waals surface area (Å²) in [4.78, 5) is 13.1. The van der Waals surface area contributed by atoms with Crippen LogP contribution < -0.4 is 10.1 Å². The molecule has 1 unspecified atom stereocenters. The first-order chi connectivity index (χ1) is 11.6. The zero-order valence-electron chi connectivity index (χ0n) is 13.7.